The molecule has 30 heavy (non-hydrogen) atoms. The number of nitrogen functional groups attached to an aromatic ring is 1. The molecule has 0 aliphatic carbocycles. The number of anilines is 1. The number of aromatic nitrogens is 2. The molecule has 8 heteroatoms. The summed E-state index contributed by atoms with van der Waals surface area (Å²) in [5.41, 5.74) is 9.33. The van der Waals surface area contributed by atoms with Crippen molar-refractivity contribution in [3.05, 3.63) is 89.7 Å². The summed E-state index contributed by atoms with van der Waals surface area (Å²) in [6.45, 7) is 0. The smallest absolute Gasteiger partial charge is 0.261 e. The third kappa shape index (κ3) is 3.90. The van der Waals surface area contributed by atoms with Crippen LogP contribution in [0, 0.1) is 5.41 Å². The van der Waals surface area contributed by atoms with Gasteiger partial charge in [-0.25, -0.2) is 13.4 Å². The molecule has 152 valence electrons. The van der Waals surface area contributed by atoms with E-state index in [2.05, 4.69) is 9.71 Å². The Labute approximate surface area is 174 Å². The van der Waals surface area contributed by atoms with E-state index < -0.39 is 10.0 Å². The quantitative estimate of drug-likeness (QED) is 0.329. The van der Waals surface area contributed by atoms with Gasteiger partial charge in [-0.2, -0.15) is 0 Å². The minimum absolute atomic E-state index is 0.0368. The summed E-state index contributed by atoms with van der Waals surface area (Å²) >= 11 is 0. The molecule has 0 saturated carbocycles. The van der Waals surface area contributed by atoms with E-state index in [1.54, 1.807) is 48.5 Å². The standard InChI is InChI=1S/C22H21N5O2S/c1-27-20-14-17(26-30(28,29)18-5-3-2-4-6-18)11-12-19(20)25-21(27)13-15-7-9-16(10-8-15)22(23)24/h2-12,14,26H,13H2,1H3,(H3,23,24). The Balaban J connectivity index is 1.61. The van der Waals surface area contributed by atoms with E-state index in [0.29, 0.717) is 17.7 Å². The van der Waals surface area contributed by atoms with Crippen molar-refractivity contribution >= 4 is 32.6 Å². The lowest BCUT2D eigenvalue weighted by atomic mass is 10.1. The Morgan fingerprint density at radius 2 is 1.77 bits per heavy atom. The normalized spacial score (nSPS) is 11.5. The molecule has 0 radical (unpaired) electrons. The second kappa shape index (κ2) is 7.64. The molecular weight excluding hydrogens is 398 g/mol. The topological polar surface area (TPSA) is 114 Å². The average Bonchev–Trinajstić information content (AvgIpc) is 3.04. The van der Waals surface area contributed by atoms with E-state index in [1.165, 1.54) is 0 Å². The second-order valence-corrected chi connectivity index (χ2v) is 8.68. The number of sulfonamides is 1. The van der Waals surface area contributed by atoms with Gasteiger partial charge in [0.1, 0.15) is 11.7 Å². The number of rotatable bonds is 6. The van der Waals surface area contributed by atoms with Gasteiger partial charge in [0.25, 0.3) is 10.0 Å². The molecule has 0 aliphatic rings. The molecule has 1 aromatic heterocycles. The van der Waals surface area contributed by atoms with E-state index in [0.717, 1.165) is 22.4 Å². The van der Waals surface area contributed by atoms with Gasteiger partial charge in [-0.1, -0.05) is 42.5 Å². The maximum Gasteiger partial charge on any atom is 0.261 e. The Bertz CT molecular complexity index is 1330. The highest BCUT2D eigenvalue weighted by atomic mass is 32.2. The Hall–Kier alpha value is -3.65. The molecule has 0 atom stereocenters. The maximum atomic E-state index is 12.6. The van der Waals surface area contributed by atoms with Gasteiger partial charge in [0.15, 0.2) is 0 Å². The van der Waals surface area contributed by atoms with Crippen LogP contribution in [0.4, 0.5) is 5.69 Å². The Morgan fingerprint density at radius 3 is 2.43 bits per heavy atom. The number of imidazole rings is 1. The van der Waals surface area contributed by atoms with Crippen LogP contribution in [-0.4, -0.2) is 23.8 Å². The number of hydrogen-bond acceptors (Lipinski definition) is 4. The summed E-state index contributed by atoms with van der Waals surface area (Å²) in [5.74, 6) is 0.887. The van der Waals surface area contributed by atoms with Crippen LogP contribution in [0.1, 0.15) is 17.0 Å². The Kier molecular flexibility index (Phi) is 5.01. The predicted octanol–water partition coefficient (Wildman–Crippen LogP) is 3.25. The predicted molar refractivity (Wildman–Crippen MR) is 118 cm³/mol. The number of benzene rings is 3. The van der Waals surface area contributed by atoms with Crippen LogP contribution in [-0.2, 0) is 23.5 Å². The molecule has 0 unspecified atom stereocenters. The number of amidine groups is 1. The minimum atomic E-state index is -3.65. The van der Waals surface area contributed by atoms with Crippen molar-refractivity contribution in [2.75, 3.05) is 4.72 Å². The summed E-state index contributed by atoms with van der Waals surface area (Å²) < 4.78 is 29.8. The third-order valence-electron chi connectivity index (χ3n) is 4.91. The second-order valence-electron chi connectivity index (χ2n) is 7.00. The SMILES string of the molecule is Cn1c(Cc2ccc(C(=N)N)cc2)nc2ccc(NS(=O)(=O)c3ccccc3)cc21. The van der Waals surface area contributed by atoms with Gasteiger partial charge in [0.2, 0.25) is 0 Å². The van der Waals surface area contributed by atoms with Crippen molar-refractivity contribution < 1.29 is 8.42 Å². The van der Waals surface area contributed by atoms with Crippen LogP contribution >= 0.6 is 0 Å². The van der Waals surface area contributed by atoms with Gasteiger partial charge in [-0.15, -0.1) is 0 Å². The summed E-state index contributed by atoms with van der Waals surface area (Å²) in [7, 11) is -1.75. The molecule has 0 aliphatic heterocycles. The van der Waals surface area contributed by atoms with E-state index in [9.17, 15) is 8.42 Å². The number of nitrogens with one attached hydrogen (secondary N) is 2. The monoisotopic (exact) mass is 419 g/mol. The van der Waals surface area contributed by atoms with Crippen LogP contribution in [0.15, 0.2) is 77.7 Å². The highest BCUT2D eigenvalue weighted by Gasteiger charge is 2.15. The maximum absolute atomic E-state index is 12.6. The van der Waals surface area contributed by atoms with E-state index in [1.807, 2.05) is 35.9 Å². The van der Waals surface area contributed by atoms with Gasteiger partial charge in [0.05, 0.1) is 21.6 Å². The van der Waals surface area contributed by atoms with Crippen molar-refractivity contribution in [1.29, 1.82) is 5.41 Å². The molecule has 7 nitrogen and oxygen atoms in total. The first-order valence-electron chi connectivity index (χ1n) is 9.30. The first-order valence-corrected chi connectivity index (χ1v) is 10.8. The molecular formula is C22H21N5O2S. The number of nitrogens with two attached hydrogens (primary N) is 1. The first-order chi connectivity index (χ1) is 14.3. The van der Waals surface area contributed by atoms with Crippen molar-refractivity contribution in [3.8, 4) is 0 Å². The zero-order chi connectivity index (χ0) is 21.3. The molecule has 0 fully saturated rings. The van der Waals surface area contributed by atoms with Crippen molar-refractivity contribution in [1.82, 2.24) is 9.55 Å². The lowest BCUT2D eigenvalue weighted by Crippen LogP contribution is -2.12. The fourth-order valence-electron chi connectivity index (χ4n) is 3.26. The van der Waals surface area contributed by atoms with E-state index in [-0.39, 0.29) is 10.7 Å². The minimum Gasteiger partial charge on any atom is -0.384 e. The lowest BCUT2D eigenvalue weighted by molar-refractivity contribution is 0.601. The molecule has 0 spiro atoms. The zero-order valence-corrected chi connectivity index (χ0v) is 17.1. The van der Waals surface area contributed by atoms with Crippen LogP contribution in [0.3, 0.4) is 0 Å². The van der Waals surface area contributed by atoms with Crippen molar-refractivity contribution in [3.63, 3.8) is 0 Å². The van der Waals surface area contributed by atoms with Gasteiger partial charge < -0.3 is 10.3 Å². The first kappa shape index (κ1) is 19.7. The highest BCUT2D eigenvalue weighted by Crippen LogP contribution is 2.23. The Morgan fingerprint density at radius 1 is 1.07 bits per heavy atom. The number of hydrogen-bond donors (Lipinski definition) is 3. The van der Waals surface area contributed by atoms with Gasteiger partial charge in [0, 0.05) is 19.0 Å². The van der Waals surface area contributed by atoms with Crippen LogP contribution in [0.5, 0.6) is 0 Å². The highest BCUT2D eigenvalue weighted by molar-refractivity contribution is 7.92. The van der Waals surface area contributed by atoms with Crippen LogP contribution in [0.25, 0.3) is 11.0 Å². The zero-order valence-electron chi connectivity index (χ0n) is 16.3. The lowest BCUT2D eigenvalue weighted by Gasteiger charge is -2.08. The van der Waals surface area contributed by atoms with Crippen LogP contribution in [0.2, 0.25) is 0 Å². The average molecular weight is 420 g/mol. The molecule has 4 N–H and O–H groups in total. The third-order valence-corrected chi connectivity index (χ3v) is 6.30. The molecule has 0 bridgehead atoms. The fraction of sp³-hybridized carbons (Fsp3) is 0.0909. The van der Waals surface area contributed by atoms with Gasteiger partial charge >= 0.3 is 0 Å². The van der Waals surface area contributed by atoms with Gasteiger partial charge in [-0.3, -0.25) is 10.1 Å². The van der Waals surface area contributed by atoms with Crippen LogP contribution < -0.4 is 10.5 Å². The van der Waals surface area contributed by atoms with E-state index in [4.69, 9.17) is 11.1 Å². The molecule has 0 amide bonds. The number of nitrogens with zero attached hydrogens (tertiary/aromatic N) is 2. The summed E-state index contributed by atoms with van der Waals surface area (Å²) in [4.78, 5) is 4.89. The fourth-order valence-corrected chi connectivity index (χ4v) is 4.33. The number of aryl methyl sites for hydroxylation is 1. The molecule has 0 saturated heterocycles. The largest absolute Gasteiger partial charge is 0.384 e. The molecule has 1 heterocycles. The molecule has 4 aromatic rings. The van der Waals surface area contributed by atoms with Crippen molar-refractivity contribution in [2.24, 2.45) is 12.8 Å². The van der Waals surface area contributed by atoms with Crippen molar-refractivity contribution in [2.45, 2.75) is 11.3 Å². The summed E-state index contributed by atoms with van der Waals surface area (Å²) in [6, 6.07) is 21.0. The molecule has 4 rings (SSSR count). The summed E-state index contributed by atoms with van der Waals surface area (Å²) in [5, 5.41) is 7.48. The number of fused-ring (bicyclic) bond motifs is 1. The summed E-state index contributed by atoms with van der Waals surface area (Å²) in [6.07, 6.45) is 0.606. The molecule has 3 aromatic carbocycles. The van der Waals surface area contributed by atoms with E-state index >= 15 is 0 Å². The van der Waals surface area contributed by atoms with Gasteiger partial charge in [-0.05, 0) is 35.9 Å².